The molecule has 1 aliphatic carbocycles. The van der Waals surface area contributed by atoms with E-state index in [1.54, 1.807) is 0 Å². The second kappa shape index (κ2) is 2.70. The van der Waals surface area contributed by atoms with E-state index in [0.29, 0.717) is 5.92 Å². The van der Waals surface area contributed by atoms with Gasteiger partial charge in [-0.25, -0.2) is 0 Å². The van der Waals surface area contributed by atoms with Crippen LogP contribution in [0.2, 0.25) is 0 Å². The molecule has 0 bridgehead atoms. The summed E-state index contributed by atoms with van der Waals surface area (Å²) >= 11 is 0. The van der Waals surface area contributed by atoms with Crippen LogP contribution in [-0.2, 0) is 0 Å². The molecule has 54 valence electrons. The van der Waals surface area contributed by atoms with Crippen LogP contribution in [0.1, 0.15) is 33.1 Å². The molecule has 0 saturated heterocycles. The van der Waals surface area contributed by atoms with E-state index in [9.17, 15) is 5.11 Å². The lowest BCUT2D eigenvalue weighted by Gasteiger charge is -2.28. The largest absolute Gasteiger partial charge is 0.393 e. The predicted molar refractivity (Wildman–Crippen MR) is 38.2 cm³/mol. The van der Waals surface area contributed by atoms with E-state index in [2.05, 4.69) is 13.8 Å². The second-order valence-electron chi connectivity index (χ2n) is 3.46. The molecule has 1 heteroatoms. The van der Waals surface area contributed by atoms with Crippen molar-refractivity contribution in [3.63, 3.8) is 0 Å². The number of rotatable bonds is 0. The van der Waals surface area contributed by atoms with Crippen molar-refractivity contribution in [2.75, 3.05) is 0 Å². The monoisotopic (exact) mass is 128 g/mol. The Kier molecular flexibility index (Phi) is 2.12. The third kappa shape index (κ3) is 1.68. The smallest absolute Gasteiger partial charge is 0.0568 e. The number of hydrogen-bond donors (Lipinski definition) is 1. The summed E-state index contributed by atoms with van der Waals surface area (Å²) < 4.78 is 0. The topological polar surface area (TPSA) is 20.2 Å². The molecule has 0 radical (unpaired) electrons. The van der Waals surface area contributed by atoms with Crippen LogP contribution in [0.15, 0.2) is 0 Å². The fraction of sp³-hybridized carbons (Fsp3) is 1.00. The van der Waals surface area contributed by atoms with E-state index in [-0.39, 0.29) is 6.10 Å². The highest BCUT2D eigenvalue weighted by Crippen LogP contribution is 2.27. The molecule has 0 heterocycles. The number of aliphatic hydroxyl groups excluding tert-OH is 1. The molecule has 0 aromatic rings. The molecular weight excluding hydrogens is 112 g/mol. The standard InChI is InChI=1S/C8H16O/c1-6-3-4-7(2)8(9)5-6/h6-9H,3-5H2,1-2H3/t6-,7+,8+/m1/s1. The zero-order valence-corrected chi connectivity index (χ0v) is 6.30. The number of hydrogen-bond acceptors (Lipinski definition) is 1. The van der Waals surface area contributed by atoms with Gasteiger partial charge in [-0.15, -0.1) is 0 Å². The highest BCUT2D eigenvalue weighted by atomic mass is 16.3. The van der Waals surface area contributed by atoms with Gasteiger partial charge in [0, 0.05) is 0 Å². The Morgan fingerprint density at radius 2 is 1.89 bits per heavy atom. The van der Waals surface area contributed by atoms with Gasteiger partial charge in [0.1, 0.15) is 0 Å². The average molecular weight is 128 g/mol. The minimum atomic E-state index is -0.0197. The molecule has 9 heavy (non-hydrogen) atoms. The normalized spacial score (nSPS) is 45.0. The first kappa shape index (κ1) is 7.07. The van der Waals surface area contributed by atoms with E-state index >= 15 is 0 Å². The van der Waals surface area contributed by atoms with Gasteiger partial charge < -0.3 is 5.11 Å². The quantitative estimate of drug-likeness (QED) is 0.527. The fourth-order valence-corrected chi connectivity index (χ4v) is 1.50. The highest BCUT2D eigenvalue weighted by Gasteiger charge is 2.22. The first-order chi connectivity index (χ1) is 4.20. The van der Waals surface area contributed by atoms with Crippen molar-refractivity contribution in [1.29, 1.82) is 0 Å². The molecule has 1 aliphatic rings. The molecule has 1 N–H and O–H groups in total. The van der Waals surface area contributed by atoms with Crippen LogP contribution >= 0.6 is 0 Å². The van der Waals surface area contributed by atoms with Gasteiger partial charge in [-0.3, -0.25) is 0 Å². The van der Waals surface area contributed by atoms with Crippen molar-refractivity contribution in [1.82, 2.24) is 0 Å². The number of aliphatic hydroxyl groups is 1. The molecule has 1 saturated carbocycles. The minimum Gasteiger partial charge on any atom is -0.393 e. The maximum absolute atomic E-state index is 9.35. The summed E-state index contributed by atoms with van der Waals surface area (Å²) in [6.45, 7) is 4.35. The van der Waals surface area contributed by atoms with Gasteiger partial charge in [-0.05, 0) is 24.7 Å². The lowest BCUT2D eigenvalue weighted by atomic mass is 9.82. The Hall–Kier alpha value is -0.0400. The lowest BCUT2D eigenvalue weighted by molar-refractivity contribution is 0.0577. The molecule has 1 fully saturated rings. The Morgan fingerprint density at radius 3 is 2.33 bits per heavy atom. The van der Waals surface area contributed by atoms with E-state index < -0.39 is 0 Å². The SMILES string of the molecule is C[C@@H]1CC[C@H](C)[C@@H](O)C1. The molecule has 0 amide bonds. The van der Waals surface area contributed by atoms with Gasteiger partial charge in [0.05, 0.1) is 6.10 Å². The third-order valence-electron chi connectivity index (χ3n) is 2.42. The molecule has 0 aromatic heterocycles. The Morgan fingerprint density at radius 1 is 1.22 bits per heavy atom. The van der Waals surface area contributed by atoms with Crippen LogP contribution in [0, 0.1) is 11.8 Å². The molecule has 1 rings (SSSR count). The van der Waals surface area contributed by atoms with Crippen molar-refractivity contribution in [2.45, 2.75) is 39.2 Å². The van der Waals surface area contributed by atoms with Crippen molar-refractivity contribution < 1.29 is 5.11 Å². The molecule has 3 atom stereocenters. The van der Waals surface area contributed by atoms with Crippen molar-refractivity contribution in [3.05, 3.63) is 0 Å². The van der Waals surface area contributed by atoms with Crippen LogP contribution in [0.5, 0.6) is 0 Å². The van der Waals surface area contributed by atoms with Crippen molar-refractivity contribution >= 4 is 0 Å². The summed E-state index contributed by atoms with van der Waals surface area (Å²) in [4.78, 5) is 0. The van der Waals surface area contributed by atoms with Crippen LogP contribution in [0.3, 0.4) is 0 Å². The van der Waals surface area contributed by atoms with E-state index in [4.69, 9.17) is 0 Å². The molecule has 0 aromatic carbocycles. The molecule has 0 aliphatic heterocycles. The molecular formula is C8H16O. The summed E-state index contributed by atoms with van der Waals surface area (Å²) in [5.41, 5.74) is 0. The van der Waals surface area contributed by atoms with Gasteiger partial charge in [0.15, 0.2) is 0 Å². The van der Waals surface area contributed by atoms with Gasteiger partial charge in [-0.1, -0.05) is 20.3 Å². The average Bonchev–Trinajstić information content (AvgIpc) is 1.80. The minimum absolute atomic E-state index is 0.0197. The van der Waals surface area contributed by atoms with Crippen molar-refractivity contribution in [2.24, 2.45) is 11.8 Å². The summed E-state index contributed by atoms with van der Waals surface area (Å²) in [7, 11) is 0. The molecule has 1 nitrogen and oxygen atoms in total. The van der Waals surface area contributed by atoms with Crippen LogP contribution in [0.4, 0.5) is 0 Å². The van der Waals surface area contributed by atoms with Crippen molar-refractivity contribution in [3.8, 4) is 0 Å². The zero-order chi connectivity index (χ0) is 6.85. The van der Waals surface area contributed by atoms with E-state index in [1.165, 1.54) is 12.8 Å². The maximum atomic E-state index is 9.35. The highest BCUT2D eigenvalue weighted by molar-refractivity contribution is 4.74. The summed E-state index contributed by atoms with van der Waals surface area (Å²) in [6, 6.07) is 0. The summed E-state index contributed by atoms with van der Waals surface area (Å²) in [6.07, 6.45) is 3.51. The van der Waals surface area contributed by atoms with Gasteiger partial charge >= 0.3 is 0 Å². The van der Waals surface area contributed by atoms with Gasteiger partial charge in [0.2, 0.25) is 0 Å². The first-order valence-electron chi connectivity index (χ1n) is 3.88. The van der Waals surface area contributed by atoms with Crippen LogP contribution < -0.4 is 0 Å². The Balaban J connectivity index is 2.35. The van der Waals surface area contributed by atoms with E-state index in [1.807, 2.05) is 0 Å². The van der Waals surface area contributed by atoms with Crippen LogP contribution in [0.25, 0.3) is 0 Å². The Labute approximate surface area is 57.1 Å². The van der Waals surface area contributed by atoms with E-state index in [0.717, 1.165) is 12.3 Å². The lowest BCUT2D eigenvalue weighted by Crippen LogP contribution is -2.25. The van der Waals surface area contributed by atoms with Gasteiger partial charge in [0.25, 0.3) is 0 Å². The maximum Gasteiger partial charge on any atom is 0.0568 e. The predicted octanol–water partition coefficient (Wildman–Crippen LogP) is 1.80. The second-order valence-corrected chi connectivity index (χ2v) is 3.46. The molecule has 0 unspecified atom stereocenters. The molecule has 0 spiro atoms. The zero-order valence-electron chi connectivity index (χ0n) is 6.30. The van der Waals surface area contributed by atoms with Crippen LogP contribution in [-0.4, -0.2) is 11.2 Å². The first-order valence-corrected chi connectivity index (χ1v) is 3.88. The summed E-state index contributed by atoms with van der Waals surface area (Å²) in [5, 5.41) is 9.35. The van der Waals surface area contributed by atoms with Gasteiger partial charge in [-0.2, -0.15) is 0 Å². The third-order valence-corrected chi connectivity index (χ3v) is 2.42. The Bertz CT molecular complexity index is 90.6. The fourth-order valence-electron chi connectivity index (χ4n) is 1.50. The summed E-state index contributed by atoms with van der Waals surface area (Å²) in [5.74, 6) is 1.29.